The van der Waals surface area contributed by atoms with Gasteiger partial charge in [0.25, 0.3) is 0 Å². The minimum absolute atomic E-state index is 0.169. The summed E-state index contributed by atoms with van der Waals surface area (Å²) in [5.74, 6) is 0.357. The van der Waals surface area contributed by atoms with Crippen molar-refractivity contribution in [3.8, 4) is 0 Å². The molecule has 1 aromatic carbocycles. The minimum Gasteiger partial charge on any atom is -0.381 e. The molecule has 0 aliphatic heterocycles. The number of aromatic nitrogens is 1. The molecule has 4 heteroatoms. The number of hydrogen-bond donors (Lipinski definition) is 2. The summed E-state index contributed by atoms with van der Waals surface area (Å²) < 4.78 is 0. The fourth-order valence-electron chi connectivity index (χ4n) is 2.99. The number of carbonyl (C=O) groups excluding carboxylic acids is 1. The number of hydrogen-bond acceptors (Lipinski definition) is 3. The molecule has 1 aliphatic carbocycles. The van der Waals surface area contributed by atoms with Gasteiger partial charge < -0.3 is 10.6 Å². The Labute approximate surface area is 137 Å². The average Bonchev–Trinajstić information content (AvgIpc) is 2.63. The van der Waals surface area contributed by atoms with Crippen LogP contribution in [0.5, 0.6) is 0 Å². The summed E-state index contributed by atoms with van der Waals surface area (Å²) in [5.41, 5.74) is 3.10. The molecule has 1 aromatic heterocycles. The van der Waals surface area contributed by atoms with Crippen molar-refractivity contribution in [3.05, 3.63) is 54.4 Å². The Hall–Kier alpha value is -2.36. The first kappa shape index (κ1) is 15.5. The third-order valence-electron chi connectivity index (χ3n) is 4.37. The number of amides is 1. The zero-order valence-electron chi connectivity index (χ0n) is 13.3. The molecule has 0 spiro atoms. The first-order chi connectivity index (χ1) is 11.3. The number of nitrogens with zero attached hydrogens (tertiary/aromatic N) is 1. The third kappa shape index (κ3) is 4.55. The summed E-state index contributed by atoms with van der Waals surface area (Å²) in [7, 11) is 0. The molecule has 1 fully saturated rings. The van der Waals surface area contributed by atoms with Gasteiger partial charge in [-0.3, -0.25) is 9.78 Å². The molecule has 3 rings (SSSR count). The Bertz CT molecular complexity index is 619. The second-order valence-electron chi connectivity index (χ2n) is 6.11. The van der Waals surface area contributed by atoms with Crippen molar-refractivity contribution in [1.82, 2.24) is 4.98 Å². The van der Waals surface area contributed by atoms with E-state index in [2.05, 4.69) is 15.6 Å². The molecule has 1 aliphatic rings. The lowest BCUT2D eigenvalue weighted by Crippen LogP contribution is -2.24. The molecule has 0 bridgehead atoms. The minimum atomic E-state index is 0.169. The van der Waals surface area contributed by atoms with Crippen molar-refractivity contribution in [2.24, 2.45) is 5.92 Å². The normalized spacial score (nSPS) is 15.1. The Kier molecular flexibility index (Phi) is 5.25. The average molecular weight is 309 g/mol. The second kappa shape index (κ2) is 7.77. The predicted octanol–water partition coefficient (Wildman–Crippen LogP) is 4.21. The number of nitrogens with one attached hydrogen (secondary N) is 2. The summed E-state index contributed by atoms with van der Waals surface area (Å²) in [4.78, 5) is 16.2. The van der Waals surface area contributed by atoms with E-state index >= 15 is 0 Å². The lowest BCUT2D eigenvalue weighted by atomic mass is 9.88. The van der Waals surface area contributed by atoms with Crippen LogP contribution in [0.15, 0.2) is 48.8 Å². The van der Waals surface area contributed by atoms with Gasteiger partial charge in [-0.05, 0) is 54.8 Å². The predicted molar refractivity (Wildman–Crippen MR) is 93.2 cm³/mol. The highest BCUT2D eigenvalue weighted by Crippen LogP contribution is 2.25. The highest BCUT2D eigenvalue weighted by atomic mass is 16.1. The summed E-state index contributed by atoms with van der Waals surface area (Å²) in [6.07, 6.45) is 9.25. The second-order valence-corrected chi connectivity index (χ2v) is 6.11. The standard InChI is InChI=1S/C19H23N3O/c23-19(16-4-2-1-3-5-16)22-18-8-6-17(7-9-18)21-14-15-10-12-20-13-11-15/h6-13,16,21H,1-5,14H2,(H,22,23). The number of rotatable bonds is 5. The van der Waals surface area contributed by atoms with E-state index in [0.717, 1.165) is 30.8 Å². The quantitative estimate of drug-likeness (QED) is 0.869. The van der Waals surface area contributed by atoms with Gasteiger partial charge in [0.05, 0.1) is 0 Å². The van der Waals surface area contributed by atoms with Gasteiger partial charge in [-0.25, -0.2) is 0 Å². The van der Waals surface area contributed by atoms with Crippen LogP contribution in [0.2, 0.25) is 0 Å². The van der Waals surface area contributed by atoms with E-state index in [0.29, 0.717) is 0 Å². The summed E-state index contributed by atoms with van der Waals surface area (Å²) in [5, 5.41) is 6.40. The number of pyridine rings is 1. The van der Waals surface area contributed by atoms with E-state index in [1.165, 1.54) is 24.8 Å². The van der Waals surface area contributed by atoms with E-state index in [9.17, 15) is 4.79 Å². The molecule has 4 nitrogen and oxygen atoms in total. The number of anilines is 2. The van der Waals surface area contributed by atoms with Crippen LogP contribution in [0.4, 0.5) is 11.4 Å². The largest absolute Gasteiger partial charge is 0.381 e. The first-order valence-electron chi connectivity index (χ1n) is 8.35. The molecule has 120 valence electrons. The zero-order valence-corrected chi connectivity index (χ0v) is 13.3. The maximum Gasteiger partial charge on any atom is 0.227 e. The van der Waals surface area contributed by atoms with E-state index in [-0.39, 0.29) is 11.8 Å². The van der Waals surface area contributed by atoms with Crippen molar-refractivity contribution < 1.29 is 4.79 Å². The van der Waals surface area contributed by atoms with Crippen LogP contribution in [0.3, 0.4) is 0 Å². The maximum atomic E-state index is 12.2. The Morgan fingerprint density at radius 1 is 0.957 bits per heavy atom. The fraction of sp³-hybridized carbons (Fsp3) is 0.368. The third-order valence-corrected chi connectivity index (χ3v) is 4.37. The first-order valence-corrected chi connectivity index (χ1v) is 8.35. The van der Waals surface area contributed by atoms with Crippen LogP contribution in [0.25, 0.3) is 0 Å². The van der Waals surface area contributed by atoms with Gasteiger partial charge in [0.15, 0.2) is 0 Å². The van der Waals surface area contributed by atoms with Crippen molar-refractivity contribution in [2.75, 3.05) is 10.6 Å². The van der Waals surface area contributed by atoms with Crippen LogP contribution in [0.1, 0.15) is 37.7 Å². The van der Waals surface area contributed by atoms with Gasteiger partial charge in [0.1, 0.15) is 0 Å². The monoisotopic (exact) mass is 309 g/mol. The summed E-state index contributed by atoms with van der Waals surface area (Å²) >= 11 is 0. The van der Waals surface area contributed by atoms with Crippen molar-refractivity contribution >= 4 is 17.3 Å². The van der Waals surface area contributed by atoms with Gasteiger partial charge in [0, 0.05) is 36.2 Å². The molecule has 0 radical (unpaired) electrons. The van der Waals surface area contributed by atoms with Crippen LogP contribution < -0.4 is 10.6 Å². The molecule has 2 aromatic rings. The van der Waals surface area contributed by atoms with E-state index < -0.39 is 0 Å². The highest BCUT2D eigenvalue weighted by Gasteiger charge is 2.20. The van der Waals surface area contributed by atoms with Crippen molar-refractivity contribution in [3.63, 3.8) is 0 Å². The molecule has 0 unspecified atom stereocenters. The van der Waals surface area contributed by atoms with Crippen LogP contribution in [-0.2, 0) is 11.3 Å². The van der Waals surface area contributed by atoms with Crippen molar-refractivity contribution in [1.29, 1.82) is 0 Å². The van der Waals surface area contributed by atoms with Crippen LogP contribution in [0, 0.1) is 5.92 Å². The number of benzene rings is 1. The summed E-state index contributed by atoms with van der Waals surface area (Å²) in [6.45, 7) is 0.760. The molecule has 23 heavy (non-hydrogen) atoms. The molecular formula is C19H23N3O. The topological polar surface area (TPSA) is 54.0 Å². The fourth-order valence-corrected chi connectivity index (χ4v) is 2.99. The molecule has 0 atom stereocenters. The van der Waals surface area contributed by atoms with E-state index in [1.807, 2.05) is 36.4 Å². The molecule has 1 saturated carbocycles. The number of carbonyl (C=O) groups is 1. The summed E-state index contributed by atoms with van der Waals surface area (Å²) in [6, 6.07) is 11.9. The van der Waals surface area contributed by atoms with E-state index in [1.54, 1.807) is 12.4 Å². The van der Waals surface area contributed by atoms with Gasteiger partial charge in [0.2, 0.25) is 5.91 Å². The lowest BCUT2D eigenvalue weighted by Gasteiger charge is -2.20. The van der Waals surface area contributed by atoms with Crippen LogP contribution in [-0.4, -0.2) is 10.9 Å². The maximum absolute atomic E-state index is 12.2. The highest BCUT2D eigenvalue weighted by molar-refractivity contribution is 5.92. The Balaban J connectivity index is 1.51. The zero-order chi connectivity index (χ0) is 15.9. The smallest absolute Gasteiger partial charge is 0.227 e. The van der Waals surface area contributed by atoms with Gasteiger partial charge >= 0.3 is 0 Å². The molecule has 2 N–H and O–H groups in total. The molecule has 1 heterocycles. The molecule has 1 amide bonds. The Morgan fingerprint density at radius 3 is 2.30 bits per heavy atom. The van der Waals surface area contributed by atoms with Crippen molar-refractivity contribution in [2.45, 2.75) is 38.6 Å². The molecule has 0 saturated heterocycles. The van der Waals surface area contributed by atoms with Gasteiger partial charge in [-0.1, -0.05) is 19.3 Å². The van der Waals surface area contributed by atoms with Gasteiger partial charge in [-0.15, -0.1) is 0 Å². The lowest BCUT2D eigenvalue weighted by molar-refractivity contribution is -0.120. The molecular weight excluding hydrogens is 286 g/mol. The van der Waals surface area contributed by atoms with E-state index in [4.69, 9.17) is 0 Å². The van der Waals surface area contributed by atoms with Crippen LogP contribution >= 0.6 is 0 Å². The Morgan fingerprint density at radius 2 is 1.61 bits per heavy atom. The SMILES string of the molecule is O=C(Nc1ccc(NCc2ccncc2)cc1)C1CCCCC1. The van der Waals surface area contributed by atoms with Gasteiger partial charge in [-0.2, -0.15) is 0 Å².